The van der Waals surface area contributed by atoms with Crippen LogP contribution in [-0.4, -0.2) is 0 Å². The molecule has 77 valence electrons. The normalized spacial score (nSPS) is 9.31. The van der Waals surface area contributed by atoms with Gasteiger partial charge in [-0.2, -0.15) is 0 Å². The van der Waals surface area contributed by atoms with Crippen molar-refractivity contribution in [2.24, 2.45) is 0 Å². The van der Waals surface area contributed by atoms with Crippen LogP contribution in [0, 0.1) is 24.1 Å². The van der Waals surface area contributed by atoms with Crippen molar-refractivity contribution in [3.05, 3.63) is 78.0 Å². The van der Waals surface area contributed by atoms with Crippen LogP contribution in [0.4, 0.5) is 4.39 Å². The van der Waals surface area contributed by atoms with Crippen molar-refractivity contribution in [1.82, 2.24) is 0 Å². The maximum atomic E-state index is 12.6. The average Bonchev–Trinajstić information content (AvgIpc) is 2.33. The molecule has 0 heterocycles. The van der Waals surface area contributed by atoms with Gasteiger partial charge in [0.25, 0.3) is 0 Å². The third-order valence-electron chi connectivity index (χ3n) is 2.10. The highest BCUT2D eigenvalue weighted by Crippen LogP contribution is 2.04. The zero-order chi connectivity index (χ0) is 11.2. The van der Waals surface area contributed by atoms with Crippen molar-refractivity contribution in [3.63, 3.8) is 0 Å². The van der Waals surface area contributed by atoms with Crippen LogP contribution in [-0.2, 0) is 0 Å². The van der Waals surface area contributed by atoms with E-state index in [1.807, 2.05) is 30.3 Å². The molecule has 0 fully saturated rings. The molecule has 0 aliphatic heterocycles. The molecule has 0 saturated heterocycles. The Labute approximate surface area is 94.7 Å². The summed E-state index contributed by atoms with van der Waals surface area (Å²) < 4.78 is 12.6. The molecule has 0 saturated carbocycles. The minimum Gasteiger partial charge on any atom is -0.207 e. The van der Waals surface area contributed by atoms with E-state index in [4.69, 9.17) is 0 Å². The lowest BCUT2D eigenvalue weighted by Gasteiger charge is -1.92. The molecule has 0 atom stereocenters. The van der Waals surface area contributed by atoms with E-state index in [0.717, 1.165) is 11.1 Å². The van der Waals surface area contributed by atoms with Crippen molar-refractivity contribution in [3.8, 4) is 11.8 Å². The molecular formula is C15H10F. The van der Waals surface area contributed by atoms with Gasteiger partial charge in [-0.1, -0.05) is 42.2 Å². The standard InChI is InChI=1S/C15H10F/c16-15-11-9-14(10-12-15)8-4-7-13-5-2-1-3-6-13/h1-3,5-6,8-12H. The Hall–Kier alpha value is -2.07. The van der Waals surface area contributed by atoms with E-state index < -0.39 is 0 Å². The molecule has 0 unspecified atom stereocenters. The smallest absolute Gasteiger partial charge is 0.123 e. The largest absolute Gasteiger partial charge is 0.207 e. The molecule has 1 heteroatoms. The van der Waals surface area contributed by atoms with E-state index in [1.54, 1.807) is 18.6 Å². The second-order valence-corrected chi connectivity index (χ2v) is 3.33. The van der Waals surface area contributed by atoms with E-state index in [9.17, 15) is 4.39 Å². The molecule has 2 aromatic carbocycles. The van der Waals surface area contributed by atoms with Crippen molar-refractivity contribution in [2.75, 3.05) is 0 Å². The maximum Gasteiger partial charge on any atom is 0.123 e. The summed E-state index contributed by atoms with van der Waals surface area (Å²) in [5.74, 6) is 5.72. The summed E-state index contributed by atoms with van der Waals surface area (Å²) in [5.41, 5.74) is 1.88. The summed E-state index contributed by atoms with van der Waals surface area (Å²) in [4.78, 5) is 0. The summed E-state index contributed by atoms with van der Waals surface area (Å²) in [7, 11) is 0. The van der Waals surface area contributed by atoms with Gasteiger partial charge >= 0.3 is 0 Å². The summed E-state index contributed by atoms with van der Waals surface area (Å²) in [6, 6.07) is 16.0. The van der Waals surface area contributed by atoms with Gasteiger partial charge in [0.2, 0.25) is 0 Å². The number of benzene rings is 2. The predicted octanol–water partition coefficient (Wildman–Crippen LogP) is 3.43. The Morgan fingerprint density at radius 2 is 1.56 bits per heavy atom. The van der Waals surface area contributed by atoms with Gasteiger partial charge in [-0.05, 0) is 29.8 Å². The van der Waals surface area contributed by atoms with Crippen LogP contribution in [0.1, 0.15) is 11.1 Å². The molecule has 1 radical (unpaired) electrons. The molecule has 2 aromatic rings. The fourth-order valence-corrected chi connectivity index (χ4v) is 1.28. The van der Waals surface area contributed by atoms with Crippen molar-refractivity contribution >= 4 is 0 Å². The molecule has 0 spiro atoms. The Morgan fingerprint density at radius 1 is 0.875 bits per heavy atom. The van der Waals surface area contributed by atoms with Crippen LogP contribution in [0.15, 0.2) is 54.6 Å². The number of hydrogen-bond acceptors (Lipinski definition) is 0. The fourth-order valence-electron chi connectivity index (χ4n) is 1.28. The van der Waals surface area contributed by atoms with Crippen molar-refractivity contribution in [2.45, 2.75) is 0 Å². The van der Waals surface area contributed by atoms with Gasteiger partial charge in [0.05, 0.1) is 6.42 Å². The van der Waals surface area contributed by atoms with Crippen LogP contribution >= 0.6 is 0 Å². The Balaban J connectivity index is 2.03. The van der Waals surface area contributed by atoms with Gasteiger partial charge < -0.3 is 0 Å². The average molecular weight is 209 g/mol. The molecule has 0 N–H and O–H groups in total. The van der Waals surface area contributed by atoms with E-state index in [-0.39, 0.29) is 5.82 Å². The zero-order valence-corrected chi connectivity index (χ0v) is 8.65. The summed E-state index contributed by atoms with van der Waals surface area (Å²) in [6.45, 7) is 0. The zero-order valence-electron chi connectivity index (χ0n) is 8.65. The highest BCUT2D eigenvalue weighted by Gasteiger charge is 1.91. The third kappa shape index (κ3) is 2.96. The maximum absolute atomic E-state index is 12.6. The monoisotopic (exact) mass is 209 g/mol. The van der Waals surface area contributed by atoms with Crippen LogP contribution in [0.3, 0.4) is 0 Å². The molecular weight excluding hydrogens is 199 g/mol. The second kappa shape index (κ2) is 5.14. The summed E-state index contributed by atoms with van der Waals surface area (Å²) in [5, 5.41) is 0. The lowest BCUT2D eigenvalue weighted by molar-refractivity contribution is 0.627. The molecule has 0 nitrogen and oxygen atoms in total. The summed E-state index contributed by atoms with van der Waals surface area (Å²) in [6.07, 6.45) is 1.77. The first-order chi connectivity index (χ1) is 7.84. The Morgan fingerprint density at radius 3 is 2.25 bits per heavy atom. The third-order valence-corrected chi connectivity index (χ3v) is 2.10. The topological polar surface area (TPSA) is 0 Å². The van der Waals surface area contributed by atoms with E-state index in [0.29, 0.717) is 0 Å². The van der Waals surface area contributed by atoms with E-state index >= 15 is 0 Å². The van der Waals surface area contributed by atoms with Gasteiger partial charge in [0.15, 0.2) is 0 Å². The molecule has 16 heavy (non-hydrogen) atoms. The number of hydrogen-bond donors (Lipinski definition) is 0. The SMILES string of the molecule is Fc1ccc([CH]C#Cc2ccccc2)cc1. The van der Waals surface area contributed by atoms with Gasteiger partial charge in [-0.25, -0.2) is 4.39 Å². The molecule has 2 rings (SSSR count). The first kappa shape index (κ1) is 10.4. The second-order valence-electron chi connectivity index (χ2n) is 3.33. The van der Waals surface area contributed by atoms with E-state index in [1.165, 1.54) is 12.1 Å². The molecule has 0 amide bonds. The van der Waals surface area contributed by atoms with Crippen LogP contribution in [0.5, 0.6) is 0 Å². The molecule has 0 aliphatic rings. The first-order valence-corrected chi connectivity index (χ1v) is 5.00. The first-order valence-electron chi connectivity index (χ1n) is 5.00. The van der Waals surface area contributed by atoms with Crippen LogP contribution in [0.25, 0.3) is 0 Å². The van der Waals surface area contributed by atoms with E-state index in [2.05, 4.69) is 11.8 Å². The molecule has 0 aliphatic carbocycles. The van der Waals surface area contributed by atoms with Crippen molar-refractivity contribution in [1.29, 1.82) is 0 Å². The predicted molar refractivity (Wildman–Crippen MR) is 63.1 cm³/mol. The lowest BCUT2D eigenvalue weighted by atomic mass is 10.1. The Bertz CT molecular complexity index is 501. The minimum atomic E-state index is -0.229. The minimum absolute atomic E-state index is 0.229. The number of halogens is 1. The molecule has 0 bridgehead atoms. The van der Waals surface area contributed by atoms with Crippen molar-refractivity contribution < 1.29 is 4.39 Å². The van der Waals surface area contributed by atoms with Gasteiger partial charge in [-0.15, -0.1) is 0 Å². The summed E-state index contributed by atoms with van der Waals surface area (Å²) >= 11 is 0. The highest BCUT2D eigenvalue weighted by atomic mass is 19.1. The van der Waals surface area contributed by atoms with Crippen LogP contribution in [0.2, 0.25) is 0 Å². The van der Waals surface area contributed by atoms with Gasteiger partial charge in [0, 0.05) is 5.56 Å². The Kier molecular flexibility index (Phi) is 3.35. The highest BCUT2D eigenvalue weighted by molar-refractivity contribution is 5.40. The molecule has 0 aromatic heterocycles. The lowest BCUT2D eigenvalue weighted by Crippen LogP contribution is -1.79. The number of rotatable bonds is 1. The van der Waals surface area contributed by atoms with Gasteiger partial charge in [-0.3, -0.25) is 0 Å². The fraction of sp³-hybridized carbons (Fsp3) is 0. The van der Waals surface area contributed by atoms with Gasteiger partial charge in [0.1, 0.15) is 5.82 Å². The van der Waals surface area contributed by atoms with Crippen LogP contribution < -0.4 is 0 Å². The quantitative estimate of drug-likeness (QED) is 0.631.